The summed E-state index contributed by atoms with van der Waals surface area (Å²) < 4.78 is 30.0. The first-order chi connectivity index (χ1) is 6.99. The van der Waals surface area contributed by atoms with Gasteiger partial charge in [0.05, 0.1) is 18.2 Å². The number of alkyl halides is 2. The van der Waals surface area contributed by atoms with E-state index in [4.69, 9.17) is 5.73 Å². The number of nitrogens with zero attached hydrogens (tertiary/aromatic N) is 1. The van der Waals surface area contributed by atoms with Crippen LogP contribution in [-0.2, 0) is 4.74 Å². The Bertz CT molecular complexity index is 398. The van der Waals surface area contributed by atoms with Crippen LogP contribution in [0.2, 0.25) is 0 Å². The molecule has 1 rings (SSSR count). The minimum Gasteiger partial charge on any atom is -0.465 e. The summed E-state index contributed by atoms with van der Waals surface area (Å²) in [7, 11) is 1.12. The van der Waals surface area contributed by atoms with Gasteiger partial charge in [-0.15, -0.1) is 0 Å². The van der Waals surface area contributed by atoms with Gasteiger partial charge in [-0.05, 0) is 22.6 Å². The summed E-state index contributed by atoms with van der Waals surface area (Å²) in [6.07, 6.45) is -1.62. The number of aromatic nitrogens is 1. The number of nitrogen functional groups attached to an aromatic ring is 1. The zero-order valence-corrected chi connectivity index (χ0v) is 9.79. The van der Waals surface area contributed by atoms with Gasteiger partial charge in [-0.2, -0.15) is 0 Å². The van der Waals surface area contributed by atoms with E-state index in [0.29, 0.717) is 0 Å². The van der Waals surface area contributed by atoms with Crippen molar-refractivity contribution in [3.05, 3.63) is 20.9 Å². The number of hydrogen-bond donors (Lipinski definition) is 1. The maximum Gasteiger partial charge on any atom is 0.339 e. The summed E-state index contributed by atoms with van der Waals surface area (Å²) in [5.41, 5.74) is 4.48. The molecule has 0 aliphatic carbocycles. The molecule has 0 saturated carbocycles. The van der Waals surface area contributed by atoms with Crippen molar-refractivity contribution in [1.82, 2.24) is 4.98 Å². The third-order valence-electron chi connectivity index (χ3n) is 1.71. The van der Waals surface area contributed by atoms with Gasteiger partial charge in [-0.3, -0.25) is 0 Å². The first-order valence-corrected chi connectivity index (χ1v) is 4.87. The molecular weight excluding hydrogens is 321 g/mol. The van der Waals surface area contributed by atoms with Gasteiger partial charge in [0.25, 0.3) is 6.43 Å². The Labute approximate surface area is 98.0 Å². The second-order valence-corrected chi connectivity index (χ2v) is 3.73. The van der Waals surface area contributed by atoms with Gasteiger partial charge in [0.15, 0.2) is 0 Å². The molecule has 4 nitrogen and oxygen atoms in total. The highest BCUT2D eigenvalue weighted by Gasteiger charge is 2.25. The van der Waals surface area contributed by atoms with Crippen molar-refractivity contribution in [2.75, 3.05) is 12.8 Å². The van der Waals surface area contributed by atoms with E-state index in [0.717, 1.165) is 7.11 Å². The van der Waals surface area contributed by atoms with Gasteiger partial charge < -0.3 is 10.5 Å². The normalized spacial score (nSPS) is 10.5. The molecule has 1 aromatic heterocycles. The first kappa shape index (κ1) is 12.1. The smallest absolute Gasteiger partial charge is 0.339 e. The van der Waals surface area contributed by atoms with Crippen LogP contribution in [0.25, 0.3) is 0 Å². The maximum atomic E-state index is 12.6. The second kappa shape index (κ2) is 4.69. The summed E-state index contributed by atoms with van der Waals surface area (Å²) in [5.74, 6) is -1.20. The number of halogens is 3. The van der Waals surface area contributed by atoms with E-state index < -0.39 is 18.0 Å². The van der Waals surface area contributed by atoms with Crippen LogP contribution in [-0.4, -0.2) is 18.1 Å². The molecule has 0 aliphatic heterocycles. The van der Waals surface area contributed by atoms with Crippen LogP contribution in [0.5, 0.6) is 0 Å². The molecule has 0 aliphatic rings. The van der Waals surface area contributed by atoms with E-state index in [1.165, 1.54) is 6.20 Å². The van der Waals surface area contributed by atoms with Crippen LogP contribution in [0, 0.1) is 3.57 Å². The Morgan fingerprint density at radius 3 is 2.73 bits per heavy atom. The zero-order chi connectivity index (χ0) is 11.6. The van der Waals surface area contributed by atoms with Crippen LogP contribution in [0.4, 0.5) is 14.6 Å². The number of pyridine rings is 1. The number of methoxy groups -OCH3 is 1. The standard InChI is InChI=1S/C8H7F2IN2O2/c1-15-8(14)4-3(11)2-13-7(12)5(4)6(9)10/h2,6H,1H3,(H2,12,13). The van der Waals surface area contributed by atoms with E-state index >= 15 is 0 Å². The molecule has 0 amide bonds. The number of rotatable bonds is 2. The molecule has 0 bridgehead atoms. The molecule has 0 aromatic carbocycles. The van der Waals surface area contributed by atoms with E-state index in [9.17, 15) is 13.6 Å². The third-order valence-corrected chi connectivity index (χ3v) is 2.53. The van der Waals surface area contributed by atoms with Crippen LogP contribution in [0.15, 0.2) is 6.20 Å². The SMILES string of the molecule is COC(=O)c1c(I)cnc(N)c1C(F)F. The van der Waals surface area contributed by atoms with Crippen molar-refractivity contribution < 1.29 is 18.3 Å². The first-order valence-electron chi connectivity index (χ1n) is 3.79. The largest absolute Gasteiger partial charge is 0.465 e. The maximum absolute atomic E-state index is 12.6. The number of hydrogen-bond acceptors (Lipinski definition) is 4. The highest BCUT2D eigenvalue weighted by molar-refractivity contribution is 14.1. The lowest BCUT2D eigenvalue weighted by Gasteiger charge is -2.10. The van der Waals surface area contributed by atoms with Crippen molar-refractivity contribution in [1.29, 1.82) is 0 Å². The molecule has 1 heterocycles. The quantitative estimate of drug-likeness (QED) is 0.666. The zero-order valence-electron chi connectivity index (χ0n) is 7.63. The molecule has 0 unspecified atom stereocenters. The lowest BCUT2D eigenvalue weighted by molar-refractivity contribution is 0.0588. The molecule has 0 fully saturated rings. The van der Waals surface area contributed by atoms with Crippen molar-refractivity contribution in [3.8, 4) is 0 Å². The predicted octanol–water partition coefficient (Wildman–Crippen LogP) is 1.99. The minimum absolute atomic E-state index is 0.222. The Kier molecular flexibility index (Phi) is 3.77. The topological polar surface area (TPSA) is 65.2 Å². The lowest BCUT2D eigenvalue weighted by atomic mass is 10.1. The van der Waals surface area contributed by atoms with Gasteiger partial charge in [-0.1, -0.05) is 0 Å². The van der Waals surface area contributed by atoms with Gasteiger partial charge in [0.1, 0.15) is 5.82 Å². The van der Waals surface area contributed by atoms with Gasteiger partial charge in [0, 0.05) is 9.77 Å². The molecule has 7 heteroatoms. The van der Waals surface area contributed by atoms with Gasteiger partial charge >= 0.3 is 5.97 Å². The molecule has 15 heavy (non-hydrogen) atoms. The number of nitrogens with two attached hydrogens (primary N) is 1. The van der Waals surface area contributed by atoms with Crippen LogP contribution < -0.4 is 5.73 Å². The second-order valence-electron chi connectivity index (χ2n) is 2.57. The summed E-state index contributed by atoms with van der Waals surface area (Å²) in [5, 5.41) is 0. The fourth-order valence-electron chi connectivity index (χ4n) is 1.05. The fraction of sp³-hybridized carbons (Fsp3) is 0.250. The summed E-state index contributed by atoms with van der Waals surface area (Å²) in [4.78, 5) is 14.8. The van der Waals surface area contributed by atoms with E-state index in [-0.39, 0.29) is 15.0 Å². The third kappa shape index (κ3) is 2.33. The van der Waals surface area contributed by atoms with Crippen molar-refractivity contribution in [2.45, 2.75) is 6.43 Å². The Morgan fingerprint density at radius 1 is 1.67 bits per heavy atom. The Balaban J connectivity index is 3.45. The van der Waals surface area contributed by atoms with Crippen molar-refractivity contribution in [2.24, 2.45) is 0 Å². The van der Waals surface area contributed by atoms with E-state index in [1.54, 1.807) is 22.6 Å². The number of esters is 1. The Morgan fingerprint density at radius 2 is 2.27 bits per heavy atom. The molecule has 0 spiro atoms. The van der Waals surface area contributed by atoms with Gasteiger partial charge in [-0.25, -0.2) is 18.6 Å². The average Bonchev–Trinajstić information content (AvgIpc) is 2.19. The molecule has 0 radical (unpaired) electrons. The summed E-state index contributed by atoms with van der Waals surface area (Å²) in [6.45, 7) is 0. The van der Waals surface area contributed by atoms with Crippen LogP contribution in [0.1, 0.15) is 22.3 Å². The monoisotopic (exact) mass is 328 g/mol. The van der Waals surface area contributed by atoms with Gasteiger partial charge in [0.2, 0.25) is 0 Å². The minimum atomic E-state index is -2.86. The molecule has 2 N–H and O–H groups in total. The number of ether oxygens (including phenoxy) is 1. The summed E-state index contributed by atoms with van der Waals surface area (Å²) >= 11 is 1.72. The van der Waals surface area contributed by atoms with Crippen molar-refractivity contribution >= 4 is 34.4 Å². The summed E-state index contributed by atoms with van der Waals surface area (Å²) in [6, 6.07) is 0. The lowest BCUT2D eigenvalue weighted by Crippen LogP contribution is -2.12. The van der Waals surface area contributed by atoms with E-state index in [1.807, 2.05) is 0 Å². The molecular formula is C8H7F2IN2O2. The molecule has 1 aromatic rings. The molecule has 82 valence electrons. The highest BCUT2D eigenvalue weighted by atomic mass is 127. The van der Waals surface area contributed by atoms with Crippen LogP contribution >= 0.6 is 22.6 Å². The van der Waals surface area contributed by atoms with Crippen LogP contribution in [0.3, 0.4) is 0 Å². The number of carbonyl (C=O) groups is 1. The average molecular weight is 328 g/mol. The molecule has 0 saturated heterocycles. The number of carbonyl (C=O) groups excluding carboxylic acids is 1. The highest BCUT2D eigenvalue weighted by Crippen LogP contribution is 2.30. The number of anilines is 1. The Hall–Kier alpha value is -0.990. The fourth-order valence-corrected chi connectivity index (χ4v) is 1.70. The van der Waals surface area contributed by atoms with Crippen molar-refractivity contribution in [3.63, 3.8) is 0 Å². The van der Waals surface area contributed by atoms with E-state index in [2.05, 4.69) is 9.72 Å². The predicted molar refractivity (Wildman–Crippen MR) is 57.7 cm³/mol. The molecule has 0 atom stereocenters.